The van der Waals surface area contributed by atoms with Crippen LogP contribution in [0.25, 0.3) is 0 Å². The first-order valence-corrected chi connectivity index (χ1v) is 17.6. The molecule has 3 amide bonds. The van der Waals surface area contributed by atoms with Gasteiger partial charge in [-0.05, 0) is 50.7 Å². The van der Waals surface area contributed by atoms with Gasteiger partial charge in [-0.25, -0.2) is 4.79 Å². The molecule has 0 saturated heterocycles. The van der Waals surface area contributed by atoms with Gasteiger partial charge in [0.2, 0.25) is 17.7 Å². The fourth-order valence-electron chi connectivity index (χ4n) is 5.72. The molecule has 1 aliphatic rings. The molecule has 46 heavy (non-hydrogen) atoms. The van der Waals surface area contributed by atoms with E-state index in [1.807, 2.05) is 0 Å². The van der Waals surface area contributed by atoms with Crippen LogP contribution in [0.1, 0.15) is 101 Å². The van der Waals surface area contributed by atoms with Crippen molar-refractivity contribution in [3.05, 3.63) is 34.9 Å². The number of nitrogens with zero attached hydrogens (tertiary/aromatic N) is 1. The largest absolute Gasteiger partial charge is 0.465 e. The Labute approximate surface area is 271 Å². The number of esters is 1. The van der Waals surface area contributed by atoms with E-state index in [0.29, 0.717) is 18.9 Å². The number of benzene rings is 1. The number of ether oxygens (including phenoxy) is 1. The van der Waals surface area contributed by atoms with Crippen LogP contribution in [0.4, 0.5) is 8.78 Å². The van der Waals surface area contributed by atoms with Crippen LogP contribution in [-0.4, -0.2) is 74.6 Å². The maximum Gasteiger partial charge on any atom is 0.404 e. The van der Waals surface area contributed by atoms with Crippen molar-refractivity contribution >= 4 is 31.3 Å². The summed E-state index contributed by atoms with van der Waals surface area (Å²) >= 11 is 0. The quantitative estimate of drug-likeness (QED) is 0.153. The van der Waals surface area contributed by atoms with Gasteiger partial charge in [0.25, 0.3) is 0 Å². The Balaban J connectivity index is 2.26. The highest BCUT2D eigenvalue weighted by molar-refractivity contribution is 7.54. The monoisotopic (exact) mass is 673 g/mol. The Morgan fingerprint density at radius 1 is 1.02 bits per heavy atom. The molecule has 0 bridgehead atoms. The van der Waals surface area contributed by atoms with Crippen molar-refractivity contribution < 1.29 is 46.3 Å². The fourth-order valence-corrected chi connectivity index (χ4v) is 7.29. The van der Waals surface area contributed by atoms with Gasteiger partial charge in [0.1, 0.15) is 12.1 Å². The van der Waals surface area contributed by atoms with Crippen molar-refractivity contribution in [3.8, 4) is 0 Å². The van der Waals surface area contributed by atoms with Crippen LogP contribution < -0.4 is 10.6 Å². The SMILES string of the molecule is CCOP(=O)(OCC)C(F)(F)c1ccc(C[C@H](NC(C)=O)C(=O)N[C@@H](CC)C(=O)N(C)CCCC2CCCCC2)cc1C(=O)OC. The Kier molecular flexibility index (Phi) is 15.8. The Hall–Kier alpha value is -2.89. The van der Waals surface area contributed by atoms with Crippen LogP contribution in [0.2, 0.25) is 0 Å². The average Bonchev–Trinajstić information content (AvgIpc) is 3.02. The number of amides is 3. The molecule has 0 radical (unpaired) electrons. The topological polar surface area (TPSA) is 140 Å². The molecule has 2 rings (SSSR count). The zero-order valence-electron chi connectivity index (χ0n) is 27.9. The summed E-state index contributed by atoms with van der Waals surface area (Å²) in [5.74, 6) is -1.90. The van der Waals surface area contributed by atoms with E-state index in [1.165, 1.54) is 58.9 Å². The van der Waals surface area contributed by atoms with Crippen molar-refractivity contribution in [2.24, 2.45) is 5.92 Å². The summed E-state index contributed by atoms with van der Waals surface area (Å²) in [6, 6.07) is 1.16. The summed E-state index contributed by atoms with van der Waals surface area (Å²) in [5.41, 5.74) is -5.54. The number of rotatable bonds is 18. The second kappa shape index (κ2) is 18.4. The number of hydrogen-bond donors (Lipinski definition) is 2. The molecule has 0 spiro atoms. The minimum atomic E-state index is -5.05. The lowest BCUT2D eigenvalue weighted by Crippen LogP contribution is -2.54. The van der Waals surface area contributed by atoms with E-state index in [9.17, 15) is 23.7 Å². The molecule has 1 aromatic carbocycles. The summed E-state index contributed by atoms with van der Waals surface area (Å²) in [5, 5.41) is 5.26. The van der Waals surface area contributed by atoms with E-state index in [0.717, 1.165) is 32.1 Å². The molecule has 0 unspecified atom stereocenters. The molecular formula is C32H50F2N3O8P. The first-order chi connectivity index (χ1) is 21.7. The molecule has 11 nitrogen and oxygen atoms in total. The van der Waals surface area contributed by atoms with Gasteiger partial charge in [-0.2, -0.15) is 8.78 Å². The van der Waals surface area contributed by atoms with Crippen LogP contribution in [0.15, 0.2) is 18.2 Å². The molecule has 14 heteroatoms. The molecule has 2 atom stereocenters. The van der Waals surface area contributed by atoms with E-state index in [1.54, 1.807) is 18.9 Å². The van der Waals surface area contributed by atoms with Crippen molar-refractivity contribution in [2.75, 3.05) is 33.9 Å². The Morgan fingerprint density at radius 3 is 2.20 bits per heavy atom. The Bertz CT molecular complexity index is 1230. The number of methoxy groups -OCH3 is 1. The zero-order chi connectivity index (χ0) is 34.5. The van der Waals surface area contributed by atoms with Crippen LogP contribution in [0, 0.1) is 5.92 Å². The molecule has 1 aromatic rings. The summed E-state index contributed by atoms with van der Waals surface area (Å²) < 4.78 is 58.8. The minimum absolute atomic E-state index is 0.211. The van der Waals surface area contributed by atoms with Gasteiger partial charge < -0.3 is 29.3 Å². The highest BCUT2D eigenvalue weighted by atomic mass is 31.2. The lowest BCUT2D eigenvalue weighted by atomic mass is 9.86. The van der Waals surface area contributed by atoms with Gasteiger partial charge >= 0.3 is 19.2 Å². The predicted molar refractivity (Wildman–Crippen MR) is 170 cm³/mol. The third-order valence-electron chi connectivity index (χ3n) is 8.12. The normalized spacial score (nSPS) is 15.5. The van der Waals surface area contributed by atoms with Gasteiger partial charge in [0.05, 0.1) is 25.9 Å². The number of hydrogen-bond acceptors (Lipinski definition) is 8. The highest BCUT2D eigenvalue weighted by Crippen LogP contribution is 2.67. The van der Waals surface area contributed by atoms with Gasteiger partial charge in [0, 0.05) is 32.5 Å². The van der Waals surface area contributed by atoms with Crippen molar-refractivity contribution in [2.45, 2.75) is 103 Å². The maximum atomic E-state index is 15.6. The first-order valence-electron chi connectivity index (χ1n) is 16.1. The van der Waals surface area contributed by atoms with Gasteiger partial charge in [-0.15, -0.1) is 0 Å². The van der Waals surface area contributed by atoms with Gasteiger partial charge in [-0.3, -0.25) is 18.9 Å². The molecule has 1 saturated carbocycles. The van der Waals surface area contributed by atoms with E-state index in [4.69, 9.17) is 13.8 Å². The summed E-state index contributed by atoms with van der Waals surface area (Å²) in [6.07, 6.45) is 8.26. The number of likely N-dealkylation sites (N-methyl/N-ethyl adjacent to an activating group) is 1. The van der Waals surface area contributed by atoms with Crippen molar-refractivity contribution in [3.63, 3.8) is 0 Å². The third-order valence-corrected chi connectivity index (χ3v) is 10.2. The smallest absolute Gasteiger partial charge is 0.404 e. The number of carbonyl (C=O) groups is 4. The second-order valence-corrected chi connectivity index (χ2v) is 13.7. The van der Waals surface area contributed by atoms with E-state index in [-0.39, 0.29) is 31.1 Å². The lowest BCUT2D eigenvalue weighted by Gasteiger charge is -2.28. The summed E-state index contributed by atoms with van der Waals surface area (Å²) in [6.45, 7) is 5.64. The molecule has 0 aromatic heterocycles. The predicted octanol–water partition coefficient (Wildman–Crippen LogP) is 5.55. The number of carbonyl (C=O) groups excluding carboxylic acids is 4. The molecule has 1 fully saturated rings. The average molecular weight is 674 g/mol. The van der Waals surface area contributed by atoms with E-state index in [2.05, 4.69) is 10.6 Å². The molecule has 0 aliphatic heterocycles. The highest BCUT2D eigenvalue weighted by Gasteiger charge is 2.56. The molecule has 260 valence electrons. The zero-order valence-corrected chi connectivity index (χ0v) is 28.8. The fraction of sp³-hybridized carbons (Fsp3) is 0.688. The second-order valence-electron chi connectivity index (χ2n) is 11.6. The molecule has 2 N–H and O–H groups in total. The van der Waals surface area contributed by atoms with Crippen molar-refractivity contribution in [1.82, 2.24) is 15.5 Å². The maximum absolute atomic E-state index is 15.6. The first kappa shape index (κ1) is 39.3. The third kappa shape index (κ3) is 10.6. The minimum Gasteiger partial charge on any atom is -0.465 e. The molecule has 1 aliphatic carbocycles. The summed E-state index contributed by atoms with van der Waals surface area (Å²) in [7, 11) is -2.35. The lowest BCUT2D eigenvalue weighted by molar-refractivity contribution is -0.136. The van der Waals surface area contributed by atoms with Crippen LogP contribution >= 0.6 is 7.60 Å². The van der Waals surface area contributed by atoms with Crippen LogP contribution in [0.3, 0.4) is 0 Å². The summed E-state index contributed by atoms with van der Waals surface area (Å²) in [4.78, 5) is 52.9. The van der Waals surface area contributed by atoms with E-state index < -0.39 is 54.3 Å². The van der Waals surface area contributed by atoms with Gasteiger partial charge in [-0.1, -0.05) is 51.2 Å². The van der Waals surface area contributed by atoms with E-state index >= 15 is 8.78 Å². The number of alkyl halides is 2. The van der Waals surface area contributed by atoms with Crippen LogP contribution in [0.5, 0.6) is 0 Å². The molecular weight excluding hydrogens is 623 g/mol. The molecule has 0 heterocycles. The van der Waals surface area contributed by atoms with Crippen LogP contribution in [-0.2, 0) is 44.8 Å². The number of nitrogens with one attached hydrogen (secondary N) is 2. The van der Waals surface area contributed by atoms with Crippen molar-refractivity contribution in [1.29, 1.82) is 0 Å². The standard InChI is InChI=1S/C32H50F2N3O8P/c1-7-27(30(40)37(5)19-13-16-23-14-11-10-12-15-23)36-29(39)28(35-22(4)38)21-24-17-18-26(25(20-24)31(41)43-6)32(33,34)46(42,44-8-2)45-9-3/h17-18,20,23,27-28H,7-16,19,21H2,1-6H3,(H,35,38)(H,36,39)/t27-,28-/m0/s1. The number of halogens is 2. The Morgan fingerprint density at radius 2 is 1.65 bits per heavy atom. The van der Waals surface area contributed by atoms with Gasteiger partial charge in [0.15, 0.2) is 0 Å².